The first kappa shape index (κ1) is 13.7. The second-order valence-corrected chi connectivity index (χ2v) is 4.72. The maximum Gasteiger partial charge on any atom is 0.214 e. The zero-order valence-corrected chi connectivity index (χ0v) is 11.8. The van der Waals surface area contributed by atoms with Gasteiger partial charge in [-0.1, -0.05) is 18.2 Å². The van der Waals surface area contributed by atoms with E-state index in [-0.39, 0.29) is 11.3 Å². The van der Waals surface area contributed by atoms with Gasteiger partial charge in [-0.3, -0.25) is 4.79 Å². The van der Waals surface area contributed by atoms with Gasteiger partial charge >= 0.3 is 0 Å². The topological polar surface area (TPSA) is 75.2 Å². The van der Waals surface area contributed by atoms with Crippen molar-refractivity contribution in [2.75, 3.05) is 7.11 Å². The predicted octanol–water partition coefficient (Wildman–Crippen LogP) is 2.99. The van der Waals surface area contributed by atoms with E-state index >= 15 is 0 Å². The number of nitriles is 1. The van der Waals surface area contributed by atoms with Gasteiger partial charge in [-0.15, -0.1) is 0 Å². The van der Waals surface area contributed by atoms with Crippen LogP contribution in [0.5, 0.6) is 5.75 Å². The monoisotopic (exact) mass is 292 g/mol. The van der Waals surface area contributed by atoms with Crippen molar-refractivity contribution in [3.8, 4) is 11.8 Å². The van der Waals surface area contributed by atoms with Crippen LogP contribution >= 0.6 is 0 Å². The molecule has 5 heteroatoms. The van der Waals surface area contributed by atoms with Gasteiger partial charge < -0.3 is 9.94 Å². The highest BCUT2D eigenvalue weighted by Gasteiger charge is 2.23. The second-order valence-electron chi connectivity index (χ2n) is 4.72. The van der Waals surface area contributed by atoms with E-state index in [1.54, 1.807) is 48.5 Å². The average molecular weight is 292 g/mol. The summed E-state index contributed by atoms with van der Waals surface area (Å²) in [6, 6.07) is 15.4. The Balaban J connectivity index is 2.18. The molecule has 1 N–H and O–H groups in total. The molecule has 0 atom stereocenters. The van der Waals surface area contributed by atoms with Crippen LogP contribution < -0.4 is 4.74 Å². The Morgan fingerprint density at radius 3 is 2.50 bits per heavy atom. The number of fused-ring (bicyclic) bond motifs is 1. The molecule has 0 aliphatic heterocycles. The zero-order chi connectivity index (χ0) is 15.7. The van der Waals surface area contributed by atoms with Crippen molar-refractivity contribution in [3.05, 3.63) is 65.4 Å². The van der Waals surface area contributed by atoms with Gasteiger partial charge in [0.2, 0.25) is 5.78 Å². The number of aromatic nitrogens is 1. The molecule has 0 radical (unpaired) electrons. The number of para-hydroxylation sites is 1. The van der Waals surface area contributed by atoms with E-state index < -0.39 is 5.78 Å². The zero-order valence-electron chi connectivity index (χ0n) is 11.8. The van der Waals surface area contributed by atoms with Crippen LogP contribution in [0.15, 0.2) is 48.5 Å². The van der Waals surface area contributed by atoms with Crippen molar-refractivity contribution in [3.63, 3.8) is 0 Å². The predicted molar refractivity (Wildman–Crippen MR) is 80.3 cm³/mol. The summed E-state index contributed by atoms with van der Waals surface area (Å²) < 4.78 is 5.83. The Kier molecular flexibility index (Phi) is 3.28. The van der Waals surface area contributed by atoms with E-state index in [9.17, 15) is 15.3 Å². The molecule has 5 nitrogen and oxygen atoms in total. The first-order chi connectivity index (χ1) is 10.7. The van der Waals surface area contributed by atoms with E-state index in [0.29, 0.717) is 22.2 Å². The summed E-state index contributed by atoms with van der Waals surface area (Å²) in [5, 5.41) is 20.2. The number of nitrogens with zero attached hydrogens (tertiary/aromatic N) is 2. The van der Waals surface area contributed by atoms with Gasteiger partial charge in [0.05, 0.1) is 18.2 Å². The lowest BCUT2D eigenvalue weighted by atomic mass is 10.0. The Hall–Kier alpha value is -3.26. The fourth-order valence-corrected chi connectivity index (χ4v) is 2.43. The van der Waals surface area contributed by atoms with Gasteiger partial charge in [-0.2, -0.15) is 9.99 Å². The van der Waals surface area contributed by atoms with E-state index in [0.717, 1.165) is 4.73 Å². The van der Waals surface area contributed by atoms with Crippen LogP contribution in [0.4, 0.5) is 0 Å². The first-order valence-electron chi connectivity index (χ1n) is 6.59. The van der Waals surface area contributed by atoms with E-state index in [1.165, 1.54) is 7.11 Å². The van der Waals surface area contributed by atoms with Crippen molar-refractivity contribution in [2.45, 2.75) is 0 Å². The largest absolute Gasteiger partial charge is 0.497 e. The van der Waals surface area contributed by atoms with Gasteiger partial charge in [-0.05, 0) is 30.3 Å². The molecule has 0 aliphatic carbocycles. The molecule has 3 aromatic rings. The number of hydrogen-bond acceptors (Lipinski definition) is 4. The van der Waals surface area contributed by atoms with Crippen molar-refractivity contribution >= 4 is 16.7 Å². The number of ketones is 1. The molecule has 0 saturated carbocycles. The Bertz CT molecular complexity index is 902. The number of rotatable bonds is 3. The molecular weight excluding hydrogens is 280 g/mol. The molecular formula is C17H12N2O3. The molecule has 0 unspecified atom stereocenters. The smallest absolute Gasteiger partial charge is 0.214 e. The fraction of sp³-hybridized carbons (Fsp3) is 0.0588. The van der Waals surface area contributed by atoms with Crippen LogP contribution in [0.2, 0.25) is 0 Å². The highest BCUT2D eigenvalue weighted by molar-refractivity contribution is 6.13. The Morgan fingerprint density at radius 2 is 1.86 bits per heavy atom. The third-order valence-corrected chi connectivity index (χ3v) is 3.53. The van der Waals surface area contributed by atoms with Gasteiger partial charge in [0.1, 0.15) is 17.5 Å². The van der Waals surface area contributed by atoms with Crippen LogP contribution in [0, 0.1) is 11.3 Å². The summed E-state index contributed by atoms with van der Waals surface area (Å²) in [7, 11) is 1.54. The van der Waals surface area contributed by atoms with Crippen LogP contribution in [0.3, 0.4) is 0 Å². The lowest BCUT2D eigenvalue weighted by Crippen LogP contribution is -2.09. The molecule has 3 rings (SSSR count). The normalized spacial score (nSPS) is 10.4. The molecule has 2 aromatic carbocycles. The third kappa shape index (κ3) is 1.98. The van der Waals surface area contributed by atoms with E-state index in [4.69, 9.17) is 4.74 Å². The number of ether oxygens (including phenoxy) is 1. The van der Waals surface area contributed by atoms with Crippen molar-refractivity contribution < 1.29 is 14.7 Å². The maximum absolute atomic E-state index is 12.6. The molecule has 1 aromatic heterocycles. The maximum atomic E-state index is 12.6. The summed E-state index contributed by atoms with van der Waals surface area (Å²) in [4.78, 5) is 12.6. The van der Waals surface area contributed by atoms with E-state index in [2.05, 4.69) is 0 Å². The summed E-state index contributed by atoms with van der Waals surface area (Å²) in [5.41, 5.74) is 0.930. The van der Waals surface area contributed by atoms with E-state index in [1.807, 2.05) is 6.07 Å². The lowest BCUT2D eigenvalue weighted by Gasteiger charge is -2.04. The molecule has 0 spiro atoms. The molecule has 108 valence electrons. The van der Waals surface area contributed by atoms with Crippen LogP contribution in [-0.2, 0) is 0 Å². The Morgan fingerprint density at radius 1 is 1.18 bits per heavy atom. The van der Waals surface area contributed by atoms with Crippen LogP contribution in [-0.4, -0.2) is 22.8 Å². The van der Waals surface area contributed by atoms with Gasteiger partial charge in [-0.25, -0.2) is 0 Å². The summed E-state index contributed by atoms with van der Waals surface area (Å²) in [5.74, 6) is 0.208. The van der Waals surface area contributed by atoms with Crippen LogP contribution in [0.25, 0.3) is 10.9 Å². The highest BCUT2D eigenvalue weighted by Crippen LogP contribution is 2.26. The van der Waals surface area contributed by atoms with Crippen molar-refractivity contribution in [1.29, 1.82) is 5.26 Å². The average Bonchev–Trinajstić information content (AvgIpc) is 2.87. The van der Waals surface area contributed by atoms with Crippen molar-refractivity contribution in [2.24, 2.45) is 0 Å². The second kappa shape index (κ2) is 5.26. The molecule has 0 bridgehead atoms. The third-order valence-electron chi connectivity index (χ3n) is 3.53. The fourth-order valence-electron chi connectivity index (χ4n) is 2.43. The minimum atomic E-state index is -0.419. The van der Waals surface area contributed by atoms with Gasteiger partial charge in [0.25, 0.3) is 0 Å². The molecule has 0 saturated heterocycles. The minimum absolute atomic E-state index is 0.0335. The Labute approximate surface area is 126 Å². The highest BCUT2D eigenvalue weighted by atomic mass is 16.5. The molecule has 0 amide bonds. The molecule has 1 heterocycles. The molecule has 0 fully saturated rings. The van der Waals surface area contributed by atoms with Gasteiger partial charge in [0.15, 0.2) is 0 Å². The molecule has 0 aliphatic rings. The number of hydrogen-bond donors (Lipinski definition) is 1. The standard InChI is InChI=1S/C17H12N2O3/c1-22-12-8-6-11(7-9-12)17(20)16-14(10-18)13-4-2-3-5-15(13)19(16)21/h2-9,21H,1H3. The lowest BCUT2D eigenvalue weighted by molar-refractivity contribution is 0.0991. The van der Waals surface area contributed by atoms with Crippen LogP contribution in [0.1, 0.15) is 21.6 Å². The SMILES string of the molecule is COc1ccc(C(=O)c2c(C#N)c3ccccc3n2O)cc1. The summed E-state index contributed by atoms with van der Waals surface area (Å²) in [6.07, 6.45) is 0. The molecule has 22 heavy (non-hydrogen) atoms. The summed E-state index contributed by atoms with van der Waals surface area (Å²) in [6.45, 7) is 0. The number of carbonyl (C=O) groups excluding carboxylic acids is 1. The van der Waals surface area contributed by atoms with Crippen molar-refractivity contribution in [1.82, 2.24) is 4.73 Å². The number of benzene rings is 2. The first-order valence-corrected chi connectivity index (χ1v) is 6.59. The quantitative estimate of drug-likeness (QED) is 0.595. The number of carbonyl (C=O) groups is 1. The summed E-state index contributed by atoms with van der Waals surface area (Å²) >= 11 is 0. The number of methoxy groups -OCH3 is 1. The van der Waals surface area contributed by atoms with Gasteiger partial charge in [0, 0.05) is 10.9 Å². The minimum Gasteiger partial charge on any atom is -0.497 e.